The summed E-state index contributed by atoms with van der Waals surface area (Å²) >= 11 is 0. The summed E-state index contributed by atoms with van der Waals surface area (Å²) in [6.45, 7) is 2.02. The number of aromatic nitrogens is 4. The van der Waals surface area contributed by atoms with E-state index in [4.69, 9.17) is 4.74 Å². The first-order valence-corrected chi connectivity index (χ1v) is 10.1. The molecule has 0 radical (unpaired) electrons. The number of hydrogen-bond acceptors (Lipinski definition) is 6. The number of nitrogens with zero attached hydrogens (tertiary/aromatic N) is 3. The number of hydrogen-bond donors (Lipinski definition) is 2. The van der Waals surface area contributed by atoms with Gasteiger partial charge < -0.3 is 15.0 Å². The fraction of sp³-hybridized carbons (Fsp3) is 0.217. The van der Waals surface area contributed by atoms with E-state index in [2.05, 4.69) is 25.3 Å². The average Bonchev–Trinajstić information content (AvgIpc) is 3.24. The number of esters is 1. The van der Waals surface area contributed by atoms with E-state index in [9.17, 15) is 9.18 Å². The minimum absolute atomic E-state index is 0.210. The van der Waals surface area contributed by atoms with Crippen LogP contribution in [0.4, 0.5) is 10.3 Å². The predicted octanol–water partition coefficient (Wildman–Crippen LogP) is 4.17. The summed E-state index contributed by atoms with van der Waals surface area (Å²) in [5.74, 6) is -0.829. The third-order valence-electron chi connectivity index (χ3n) is 5.67. The van der Waals surface area contributed by atoms with Gasteiger partial charge in [-0.1, -0.05) is 37.3 Å². The van der Waals surface area contributed by atoms with E-state index in [0.717, 1.165) is 11.1 Å². The largest absolute Gasteiger partial charge is 0.426 e. The Balaban J connectivity index is 1.59. The van der Waals surface area contributed by atoms with Crippen molar-refractivity contribution < 1.29 is 13.9 Å². The first kappa shape index (κ1) is 19.2. The Labute approximate surface area is 177 Å². The van der Waals surface area contributed by atoms with Gasteiger partial charge in [-0.2, -0.15) is 4.98 Å². The molecule has 2 aromatic heterocycles. The van der Waals surface area contributed by atoms with E-state index in [-0.39, 0.29) is 12.0 Å². The maximum Gasteiger partial charge on any atom is 0.319 e. The molecule has 2 aromatic carbocycles. The van der Waals surface area contributed by atoms with Gasteiger partial charge in [-0.05, 0) is 30.2 Å². The Hall–Kier alpha value is -3.81. The number of anilines is 1. The SMILES string of the molecule is CCC(Nc1ncc2[nH]cnc2n1)C1c2ccccc2OC(=O)[C@H]1c1cccc(F)c1. The molecule has 4 aromatic rings. The van der Waals surface area contributed by atoms with Crippen molar-refractivity contribution in [2.24, 2.45) is 0 Å². The number of benzene rings is 2. The van der Waals surface area contributed by atoms with Gasteiger partial charge in [0, 0.05) is 17.5 Å². The number of carbonyl (C=O) groups is 1. The lowest BCUT2D eigenvalue weighted by Crippen LogP contribution is -2.39. The number of aromatic amines is 1. The molecule has 3 atom stereocenters. The Morgan fingerprint density at radius 3 is 2.90 bits per heavy atom. The molecule has 8 heteroatoms. The fourth-order valence-corrected chi connectivity index (χ4v) is 4.26. The van der Waals surface area contributed by atoms with Crippen LogP contribution in [0.2, 0.25) is 0 Å². The molecule has 2 unspecified atom stereocenters. The second kappa shape index (κ2) is 7.79. The van der Waals surface area contributed by atoms with Gasteiger partial charge in [0.05, 0.1) is 18.4 Å². The van der Waals surface area contributed by atoms with Crippen molar-refractivity contribution in [3.8, 4) is 5.75 Å². The number of H-pyrrole nitrogens is 1. The molecule has 7 nitrogen and oxygen atoms in total. The first-order chi connectivity index (χ1) is 15.1. The van der Waals surface area contributed by atoms with Crippen molar-refractivity contribution in [1.82, 2.24) is 19.9 Å². The van der Waals surface area contributed by atoms with Crippen LogP contribution in [0.15, 0.2) is 61.1 Å². The lowest BCUT2D eigenvalue weighted by molar-refractivity contribution is -0.138. The summed E-state index contributed by atoms with van der Waals surface area (Å²) in [5, 5.41) is 3.38. The second-order valence-electron chi connectivity index (χ2n) is 7.51. The maximum absolute atomic E-state index is 14.0. The maximum atomic E-state index is 14.0. The van der Waals surface area contributed by atoms with E-state index in [0.29, 0.717) is 29.3 Å². The smallest absolute Gasteiger partial charge is 0.319 e. The summed E-state index contributed by atoms with van der Waals surface area (Å²) in [6.07, 6.45) is 3.91. The van der Waals surface area contributed by atoms with Gasteiger partial charge in [-0.25, -0.2) is 14.4 Å². The number of rotatable bonds is 5. The van der Waals surface area contributed by atoms with Crippen LogP contribution in [-0.2, 0) is 4.79 Å². The molecule has 156 valence electrons. The molecule has 0 spiro atoms. The van der Waals surface area contributed by atoms with Crippen LogP contribution < -0.4 is 10.1 Å². The average molecular weight is 417 g/mol. The molecule has 3 heterocycles. The Morgan fingerprint density at radius 1 is 1.19 bits per heavy atom. The molecule has 1 aliphatic rings. The number of nitrogens with one attached hydrogen (secondary N) is 2. The zero-order chi connectivity index (χ0) is 21.4. The van der Waals surface area contributed by atoms with E-state index in [1.54, 1.807) is 30.7 Å². The lowest BCUT2D eigenvalue weighted by Gasteiger charge is -2.37. The highest BCUT2D eigenvalue weighted by atomic mass is 19.1. The van der Waals surface area contributed by atoms with Crippen molar-refractivity contribution in [3.05, 3.63) is 78.0 Å². The van der Waals surface area contributed by atoms with E-state index >= 15 is 0 Å². The summed E-state index contributed by atoms with van der Waals surface area (Å²) in [4.78, 5) is 29.1. The molecule has 5 rings (SSSR count). The molecule has 0 bridgehead atoms. The molecular formula is C23H20FN5O2. The number of halogens is 1. The number of imidazole rings is 1. The molecule has 31 heavy (non-hydrogen) atoms. The number of carbonyl (C=O) groups excluding carboxylic acids is 1. The quantitative estimate of drug-likeness (QED) is 0.374. The molecule has 2 N–H and O–H groups in total. The highest BCUT2D eigenvalue weighted by Gasteiger charge is 2.42. The molecule has 0 saturated carbocycles. The number of ether oxygens (including phenoxy) is 1. The topological polar surface area (TPSA) is 92.8 Å². The zero-order valence-electron chi connectivity index (χ0n) is 16.7. The number of para-hydroxylation sites is 1. The van der Waals surface area contributed by atoms with Gasteiger partial charge in [-0.15, -0.1) is 0 Å². The van der Waals surface area contributed by atoms with Crippen molar-refractivity contribution >= 4 is 23.1 Å². The normalized spacial score (nSPS) is 19.0. The van der Waals surface area contributed by atoms with E-state index < -0.39 is 17.7 Å². The van der Waals surface area contributed by atoms with Crippen LogP contribution in [0.3, 0.4) is 0 Å². The van der Waals surface area contributed by atoms with Crippen LogP contribution in [0.25, 0.3) is 11.2 Å². The van der Waals surface area contributed by atoms with Gasteiger partial charge in [0.2, 0.25) is 5.95 Å². The summed E-state index contributed by atoms with van der Waals surface area (Å²) in [5.41, 5.74) is 2.75. The van der Waals surface area contributed by atoms with Gasteiger partial charge in [0.15, 0.2) is 5.65 Å². The second-order valence-corrected chi connectivity index (χ2v) is 7.51. The molecule has 0 aliphatic carbocycles. The van der Waals surface area contributed by atoms with Crippen LogP contribution >= 0.6 is 0 Å². The van der Waals surface area contributed by atoms with E-state index in [1.807, 2.05) is 25.1 Å². The molecule has 1 aliphatic heterocycles. The number of fused-ring (bicyclic) bond motifs is 2. The van der Waals surface area contributed by atoms with Crippen LogP contribution in [0, 0.1) is 5.82 Å². The third kappa shape index (κ3) is 3.50. The highest BCUT2D eigenvalue weighted by molar-refractivity contribution is 5.84. The van der Waals surface area contributed by atoms with Crippen LogP contribution in [0.5, 0.6) is 5.75 Å². The summed E-state index contributed by atoms with van der Waals surface area (Å²) < 4.78 is 19.6. The van der Waals surface area contributed by atoms with Gasteiger partial charge in [0.25, 0.3) is 0 Å². The molecule has 0 saturated heterocycles. The van der Waals surface area contributed by atoms with E-state index in [1.165, 1.54) is 12.1 Å². The van der Waals surface area contributed by atoms with Crippen molar-refractivity contribution in [2.75, 3.05) is 5.32 Å². The van der Waals surface area contributed by atoms with Crippen LogP contribution in [-0.4, -0.2) is 31.9 Å². The predicted molar refractivity (Wildman–Crippen MR) is 113 cm³/mol. The van der Waals surface area contributed by atoms with Gasteiger partial charge >= 0.3 is 5.97 Å². The minimum atomic E-state index is -0.669. The third-order valence-corrected chi connectivity index (χ3v) is 5.67. The highest BCUT2D eigenvalue weighted by Crippen LogP contribution is 2.46. The monoisotopic (exact) mass is 417 g/mol. The Morgan fingerprint density at radius 2 is 2.06 bits per heavy atom. The van der Waals surface area contributed by atoms with Crippen LogP contribution in [0.1, 0.15) is 36.3 Å². The molecular weight excluding hydrogens is 397 g/mol. The van der Waals surface area contributed by atoms with Gasteiger partial charge in [0.1, 0.15) is 17.1 Å². The lowest BCUT2D eigenvalue weighted by atomic mass is 9.74. The zero-order valence-corrected chi connectivity index (χ0v) is 16.7. The minimum Gasteiger partial charge on any atom is -0.426 e. The van der Waals surface area contributed by atoms with Crippen molar-refractivity contribution in [3.63, 3.8) is 0 Å². The standard InChI is InChI=1S/C23H20FN5O2/c1-2-16(28-23-25-11-17-21(29-23)27-12-26-17)20-15-8-3-4-9-18(15)31-22(30)19(20)13-6-5-7-14(24)10-13/h3-12,16,19-20H,2H2,1H3,(H2,25,26,27,28,29)/t16?,19-,20?/m0/s1. The van der Waals surface area contributed by atoms with Gasteiger partial charge in [-0.3, -0.25) is 4.79 Å². The molecule has 0 fully saturated rings. The summed E-state index contributed by atoms with van der Waals surface area (Å²) in [6, 6.07) is 13.4. The summed E-state index contributed by atoms with van der Waals surface area (Å²) in [7, 11) is 0. The fourth-order valence-electron chi connectivity index (χ4n) is 4.26. The Bertz CT molecular complexity index is 1260. The Kier molecular flexibility index (Phi) is 4.82. The van der Waals surface area contributed by atoms with Crippen molar-refractivity contribution in [1.29, 1.82) is 0 Å². The molecule has 0 amide bonds. The van der Waals surface area contributed by atoms with Crippen molar-refractivity contribution in [2.45, 2.75) is 31.2 Å². The first-order valence-electron chi connectivity index (χ1n) is 10.1.